The zero-order valence-electron chi connectivity index (χ0n) is 16.1. The maximum atomic E-state index is 12.6. The number of anilines is 1. The van der Waals surface area contributed by atoms with E-state index in [0.717, 1.165) is 37.2 Å². The van der Waals surface area contributed by atoms with E-state index in [1.807, 2.05) is 32.2 Å². The molecule has 0 saturated carbocycles. The van der Waals surface area contributed by atoms with Crippen LogP contribution in [0.4, 0.5) is 5.69 Å². The highest BCUT2D eigenvalue weighted by Crippen LogP contribution is 2.20. The number of hydrogen-bond acceptors (Lipinski definition) is 4. The third-order valence-corrected chi connectivity index (χ3v) is 5.12. The number of carbonyl (C=O) groups is 2. The fourth-order valence-corrected chi connectivity index (χ4v) is 3.69. The number of ketones is 1. The molecule has 27 heavy (non-hydrogen) atoms. The molecule has 1 N–H and O–H groups in total. The Morgan fingerprint density at radius 2 is 2.04 bits per heavy atom. The first-order valence-electron chi connectivity index (χ1n) is 9.60. The zero-order chi connectivity index (χ0) is 19.2. The highest BCUT2D eigenvalue weighted by Gasteiger charge is 2.26. The second-order valence-corrected chi connectivity index (χ2v) is 7.38. The molecule has 0 spiro atoms. The Hall–Kier alpha value is -2.47. The summed E-state index contributed by atoms with van der Waals surface area (Å²) in [5.41, 5.74) is 2.75. The van der Waals surface area contributed by atoms with Gasteiger partial charge in [0.1, 0.15) is 5.78 Å². The summed E-state index contributed by atoms with van der Waals surface area (Å²) in [7, 11) is 1.83. The van der Waals surface area contributed by atoms with E-state index in [1.54, 1.807) is 10.9 Å². The number of aromatic nitrogens is 2. The second kappa shape index (κ2) is 8.95. The normalized spacial score (nSPS) is 17.6. The Morgan fingerprint density at radius 3 is 2.74 bits per heavy atom. The van der Waals surface area contributed by atoms with Gasteiger partial charge in [0.2, 0.25) is 5.91 Å². The van der Waals surface area contributed by atoms with Crippen LogP contribution in [0.5, 0.6) is 0 Å². The number of Topliss-reactive ketones (excluding diaryl/α,β-unsaturated/α-hetero) is 1. The Bertz CT molecular complexity index is 785. The lowest BCUT2D eigenvalue weighted by molar-refractivity contribution is -0.126. The van der Waals surface area contributed by atoms with Crippen LogP contribution < -0.4 is 5.32 Å². The molecule has 0 radical (unpaired) electrons. The summed E-state index contributed by atoms with van der Waals surface area (Å²) < 4.78 is 1.69. The molecule has 144 valence electrons. The standard InChI is InChI=1S/C21H28N4O2/c1-16-19(14-24(2)23-16)22-21(27)15-25-12-6-9-18(13-25)20(26)11-10-17-7-4-3-5-8-17/h3-5,7-8,14,18H,6,9-13,15H2,1-2H3,(H,22,27). The van der Waals surface area contributed by atoms with Crippen LogP contribution in [0.3, 0.4) is 0 Å². The van der Waals surface area contributed by atoms with Gasteiger partial charge in [-0.3, -0.25) is 19.2 Å². The fraction of sp³-hybridized carbons (Fsp3) is 0.476. The predicted molar refractivity (Wildman–Crippen MR) is 106 cm³/mol. The van der Waals surface area contributed by atoms with Crippen LogP contribution in [0.1, 0.15) is 30.5 Å². The Balaban J connectivity index is 1.47. The SMILES string of the molecule is Cc1nn(C)cc1NC(=O)CN1CCCC(C(=O)CCc2ccccc2)C1. The first-order valence-corrected chi connectivity index (χ1v) is 9.60. The first-order chi connectivity index (χ1) is 13.0. The second-order valence-electron chi connectivity index (χ2n) is 7.38. The van der Waals surface area contributed by atoms with E-state index in [4.69, 9.17) is 0 Å². The van der Waals surface area contributed by atoms with Crippen molar-refractivity contribution in [3.8, 4) is 0 Å². The molecule has 6 nitrogen and oxygen atoms in total. The summed E-state index contributed by atoms with van der Waals surface area (Å²) in [5, 5.41) is 7.16. The van der Waals surface area contributed by atoms with Gasteiger partial charge in [-0.25, -0.2) is 0 Å². The number of benzene rings is 1. The van der Waals surface area contributed by atoms with Crippen LogP contribution in [0.2, 0.25) is 0 Å². The van der Waals surface area contributed by atoms with E-state index in [-0.39, 0.29) is 11.8 Å². The lowest BCUT2D eigenvalue weighted by Gasteiger charge is -2.31. The lowest BCUT2D eigenvalue weighted by atomic mass is 9.90. The van der Waals surface area contributed by atoms with Gasteiger partial charge in [0.05, 0.1) is 17.9 Å². The predicted octanol–water partition coefficient (Wildman–Crippen LogP) is 2.58. The average Bonchev–Trinajstić information content (AvgIpc) is 2.97. The number of piperidine rings is 1. The van der Waals surface area contributed by atoms with Crippen LogP contribution in [0.15, 0.2) is 36.5 Å². The minimum absolute atomic E-state index is 0.0374. The van der Waals surface area contributed by atoms with E-state index in [0.29, 0.717) is 25.3 Å². The number of nitrogens with zero attached hydrogens (tertiary/aromatic N) is 3. The third-order valence-electron chi connectivity index (χ3n) is 5.12. The quantitative estimate of drug-likeness (QED) is 0.816. The summed E-state index contributed by atoms with van der Waals surface area (Å²) in [6.45, 7) is 3.73. The molecule has 1 saturated heterocycles. The molecule has 1 unspecified atom stereocenters. The number of rotatable bonds is 7. The summed E-state index contributed by atoms with van der Waals surface area (Å²) in [4.78, 5) is 27.1. The van der Waals surface area contributed by atoms with Crippen LogP contribution in [-0.2, 0) is 23.1 Å². The largest absolute Gasteiger partial charge is 0.322 e. The molecule has 0 aliphatic carbocycles. The molecule has 2 aromatic rings. The first kappa shape index (κ1) is 19.3. The van der Waals surface area contributed by atoms with Crippen LogP contribution in [-0.4, -0.2) is 46.0 Å². The maximum Gasteiger partial charge on any atom is 0.238 e. The Morgan fingerprint density at radius 1 is 1.26 bits per heavy atom. The van der Waals surface area contributed by atoms with Crippen molar-refractivity contribution in [2.24, 2.45) is 13.0 Å². The van der Waals surface area contributed by atoms with Crippen molar-refractivity contribution >= 4 is 17.4 Å². The van der Waals surface area contributed by atoms with Crippen molar-refractivity contribution in [3.63, 3.8) is 0 Å². The number of likely N-dealkylation sites (tertiary alicyclic amines) is 1. The van der Waals surface area contributed by atoms with Gasteiger partial charge in [-0.2, -0.15) is 5.10 Å². The van der Waals surface area contributed by atoms with Gasteiger partial charge in [-0.05, 0) is 38.3 Å². The van der Waals surface area contributed by atoms with Gasteiger partial charge >= 0.3 is 0 Å². The van der Waals surface area contributed by atoms with Crippen molar-refractivity contribution in [2.75, 3.05) is 25.0 Å². The molecule has 1 aliphatic rings. The minimum Gasteiger partial charge on any atom is -0.322 e. The maximum absolute atomic E-state index is 12.6. The van der Waals surface area contributed by atoms with Crippen molar-refractivity contribution < 1.29 is 9.59 Å². The van der Waals surface area contributed by atoms with Gasteiger partial charge < -0.3 is 5.32 Å². The van der Waals surface area contributed by atoms with E-state index in [2.05, 4.69) is 27.4 Å². The molecule has 1 aliphatic heterocycles. The van der Waals surface area contributed by atoms with Crippen molar-refractivity contribution in [1.29, 1.82) is 0 Å². The minimum atomic E-state index is -0.0523. The van der Waals surface area contributed by atoms with E-state index >= 15 is 0 Å². The summed E-state index contributed by atoms with van der Waals surface area (Å²) in [6, 6.07) is 10.1. The summed E-state index contributed by atoms with van der Waals surface area (Å²) in [5.74, 6) is 0.297. The summed E-state index contributed by atoms with van der Waals surface area (Å²) >= 11 is 0. The number of carbonyl (C=O) groups excluding carboxylic acids is 2. The molecule has 1 aromatic carbocycles. The van der Waals surface area contributed by atoms with Gasteiger partial charge in [0.15, 0.2) is 0 Å². The molecule has 1 atom stereocenters. The molecular formula is C21H28N4O2. The van der Waals surface area contributed by atoms with Crippen molar-refractivity contribution in [3.05, 3.63) is 47.8 Å². The monoisotopic (exact) mass is 368 g/mol. The third kappa shape index (κ3) is 5.50. The number of aryl methyl sites for hydroxylation is 3. The van der Waals surface area contributed by atoms with E-state index < -0.39 is 0 Å². The molecule has 1 amide bonds. The molecule has 2 heterocycles. The van der Waals surface area contributed by atoms with Gasteiger partial charge in [0, 0.05) is 32.1 Å². The lowest BCUT2D eigenvalue weighted by Crippen LogP contribution is -2.42. The molecule has 0 bridgehead atoms. The fourth-order valence-electron chi connectivity index (χ4n) is 3.69. The van der Waals surface area contributed by atoms with Crippen LogP contribution in [0.25, 0.3) is 0 Å². The van der Waals surface area contributed by atoms with Crippen LogP contribution in [0, 0.1) is 12.8 Å². The van der Waals surface area contributed by atoms with Gasteiger partial charge in [-0.15, -0.1) is 0 Å². The molecule has 6 heteroatoms. The highest BCUT2D eigenvalue weighted by molar-refractivity contribution is 5.92. The molecular weight excluding hydrogens is 340 g/mol. The summed E-state index contributed by atoms with van der Waals surface area (Å²) in [6.07, 6.45) is 5.05. The molecule has 1 aromatic heterocycles. The number of hydrogen-bond donors (Lipinski definition) is 1. The van der Waals surface area contributed by atoms with Gasteiger partial charge in [0.25, 0.3) is 0 Å². The van der Waals surface area contributed by atoms with Crippen LogP contribution >= 0.6 is 0 Å². The molecule has 1 fully saturated rings. The highest BCUT2D eigenvalue weighted by atomic mass is 16.2. The average molecular weight is 368 g/mol. The topological polar surface area (TPSA) is 67.2 Å². The number of amides is 1. The van der Waals surface area contributed by atoms with Gasteiger partial charge in [-0.1, -0.05) is 30.3 Å². The Labute approximate surface area is 160 Å². The zero-order valence-corrected chi connectivity index (χ0v) is 16.1. The van der Waals surface area contributed by atoms with E-state index in [1.165, 1.54) is 5.56 Å². The Kier molecular flexibility index (Phi) is 6.40. The smallest absolute Gasteiger partial charge is 0.238 e. The number of nitrogens with one attached hydrogen (secondary N) is 1. The van der Waals surface area contributed by atoms with Crippen molar-refractivity contribution in [2.45, 2.75) is 32.6 Å². The van der Waals surface area contributed by atoms with Crippen molar-refractivity contribution in [1.82, 2.24) is 14.7 Å². The molecule has 3 rings (SSSR count). The van der Waals surface area contributed by atoms with E-state index in [9.17, 15) is 9.59 Å².